The lowest BCUT2D eigenvalue weighted by Crippen LogP contribution is -2.39. The van der Waals surface area contributed by atoms with E-state index in [0.717, 1.165) is 36.0 Å². The van der Waals surface area contributed by atoms with Crippen molar-refractivity contribution >= 4 is 16.9 Å². The number of likely N-dealkylation sites (tertiary alicyclic amines) is 1. The Morgan fingerprint density at radius 3 is 3.26 bits per heavy atom. The monoisotopic (exact) mass is 310 g/mol. The number of aromatic amines is 1. The van der Waals surface area contributed by atoms with Crippen molar-refractivity contribution in [3.05, 3.63) is 42.7 Å². The summed E-state index contributed by atoms with van der Waals surface area (Å²) in [5, 5.41) is 5.17. The topological polar surface area (TPSA) is 79.7 Å². The summed E-state index contributed by atoms with van der Waals surface area (Å²) in [6.45, 7) is 1.53. The zero-order valence-electron chi connectivity index (χ0n) is 12.7. The van der Waals surface area contributed by atoms with Gasteiger partial charge in [-0.25, -0.2) is 9.97 Å². The van der Waals surface area contributed by atoms with Gasteiger partial charge in [0.1, 0.15) is 18.3 Å². The molecule has 0 aromatic carbocycles. The van der Waals surface area contributed by atoms with Crippen LogP contribution in [-0.2, 0) is 17.8 Å². The molecule has 0 bridgehead atoms. The zero-order chi connectivity index (χ0) is 15.6. The number of nitrogens with zero attached hydrogens (tertiary/aromatic N) is 5. The first kappa shape index (κ1) is 13.9. The van der Waals surface area contributed by atoms with E-state index in [-0.39, 0.29) is 11.9 Å². The molecule has 0 saturated carbocycles. The number of amides is 1. The van der Waals surface area contributed by atoms with E-state index in [2.05, 4.69) is 20.1 Å². The van der Waals surface area contributed by atoms with Crippen molar-refractivity contribution < 1.29 is 4.79 Å². The maximum atomic E-state index is 12.7. The fraction of sp³-hybridized carbons (Fsp3) is 0.375. The Balaban J connectivity index is 1.49. The Bertz CT molecular complexity index is 809. The van der Waals surface area contributed by atoms with Gasteiger partial charge in [-0.2, -0.15) is 5.10 Å². The molecular formula is C16H18N6O. The summed E-state index contributed by atoms with van der Waals surface area (Å²) in [6, 6.07) is 4.10. The minimum Gasteiger partial charge on any atom is -0.346 e. The number of carbonyl (C=O) groups is 1. The quantitative estimate of drug-likeness (QED) is 0.789. The lowest BCUT2D eigenvalue weighted by atomic mass is 10.1. The Morgan fingerprint density at radius 1 is 1.43 bits per heavy atom. The molecule has 1 unspecified atom stereocenters. The van der Waals surface area contributed by atoms with Crippen LogP contribution in [0.15, 0.2) is 37.2 Å². The molecule has 0 radical (unpaired) electrons. The summed E-state index contributed by atoms with van der Waals surface area (Å²) in [5.41, 5.74) is 1.83. The molecule has 3 aromatic rings. The van der Waals surface area contributed by atoms with Crippen LogP contribution in [0.4, 0.5) is 0 Å². The lowest BCUT2D eigenvalue weighted by molar-refractivity contribution is -0.131. The van der Waals surface area contributed by atoms with Gasteiger partial charge in [-0.15, -0.1) is 0 Å². The Morgan fingerprint density at radius 2 is 2.39 bits per heavy atom. The highest BCUT2D eigenvalue weighted by Crippen LogP contribution is 2.22. The van der Waals surface area contributed by atoms with Gasteiger partial charge in [0.25, 0.3) is 0 Å². The normalized spacial score (nSPS) is 17.9. The Labute approximate surface area is 133 Å². The minimum atomic E-state index is 0.164. The van der Waals surface area contributed by atoms with Gasteiger partial charge in [-0.05, 0) is 30.5 Å². The van der Waals surface area contributed by atoms with Crippen molar-refractivity contribution in [3.63, 3.8) is 0 Å². The minimum absolute atomic E-state index is 0.164. The number of H-pyrrole nitrogens is 1. The fourth-order valence-corrected chi connectivity index (χ4v) is 3.32. The van der Waals surface area contributed by atoms with Crippen LogP contribution in [0.25, 0.3) is 11.0 Å². The third-order valence-corrected chi connectivity index (χ3v) is 4.44. The van der Waals surface area contributed by atoms with E-state index in [1.807, 2.05) is 23.2 Å². The molecule has 1 fully saturated rings. The Kier molecular flexibility index (Phi) is 3.53. The SMILES string of the molecule is O=C(Cc1c[nH]c2ncccc12)N1CCCC1Cn1cncn1. The van der Waals surface area contributed by atoms with E-state index in [0.29, 0.717) is 13.0 Å². The fourth-order valence-electron chi connectivity index (χ4n) is 3.32. The van der Waals surface area contributed by atoms with Gasteiger partial charge in [0, 0.05) is 24.3 Å². The predicted octanol–water partition coefficient (Wildman–Crippen LogP) is 1.39. The van der Waals surface area contributed by atoms with Crippen LogP contribution >= 0.6 is 0 Å². The molecule has 4 heterocycles. The molecule has 1 aliphatic rings. The lowest BCUT2D eigenvalue weighted by Gasteiger charge is -2.24. The van der Waals surface area contributed by atoms with Crippen LogP contribution in [-0.4, -0.2) is 48.1 Å². The van der Waals surface area contributed by atoms with Crippen LogP contribution in [0, 0.1) is 0 Å². The van der Waals surface area contributed by atoms with Crippen molar-refractivity contribution in [2.24, 2.45) is 0 Å². The van der Waals surface area contributed by atoms with Crippen molar-refractivity contribution in [3.8, 4) is 0 Å². The molecule has 3 aromatic heterocycles. The molecule has 0 aliphatic carbocycles. The van der Waals surface area contributed by atoms with Crippen molar-refractivity contribution in [2.45, 2.75) is 31.8 Å². The highest BCUT2D eigenvalue weighted by Gasteiger charge is 2.29. The molecule has 1 saturated heterocycles. The second kappa shape index (κ2) is 5.83. The number of hydrogen-bond acceptors (Lipinski definition) is 4. The highest BCUT2D eigenvalue weighted by molar-refractivity contribution is 5.87. The van der Waals surface area contributed by atoms with E-state index < -0.39 is 0 Å². The van der Waals surface area contributed by atoms with Crippen molar-refractivity contribution in [1.29, 1.82) is 0 Å². The molecular weight excluding hydrogens is 292 g/mol. The van der Waals surface area contributed by atoms with E-state index >= 15 is 0 Å². The van der Waals surface area contributed by atoms with Crippen LogP contribution in [0.3, 0.4) is 0 Å². The molecule has 1 amide bonds. The van der Waals surface area contributed by atoms with Crippen LogP contribution in [0.1, 0.15) is 18.4 Å². The van der Waals surface area contributed by atoms with Crippen LogP contribution < -0.4 is 0 Å². The van der Waals surface area contributed by atoms with E-state index in [4.69, 9.17) is 0 Å². The smallest absolute Gasteiger partial charge is 0.227 e. The summed E-state index contributed by atoms with van der Waals surface area (Å²) >= 11 is 0. The number of rotatable bonds is 4. The third kappa shape index (κ3) is 2.69. The molecule has 1 N–H and O–H groups in total. The van der Waals surface area contributed by atoms with Gasteiger partial charge in [0.2, 0.25) is 5.91 Å². The summed E-state index contributed by atoms with van der Waals surface area (Å²) in [7, 11) is 0. The second-order valence-corrected chi connectivity index (χ2v) is 5.89. The molecule has 7 heteroatoms. The van der Waals surface area contributed by atoms with Gasteiger partial charge in [0.15, 0.2) is 0 Å². The summed E-state index contributed by atoms with van der Waals surface area (Å²) in [5.74, 6) is 0.164. The molecule has 0 spiro atoms. The van der Waals surface area contributed by atoms with Crippen LogP contribution in [0.2, 0.25) is 0 Å². The number of pyridine rings is 1. The summed E-state index contributed by atoms with van der Waals surface area (Å²) in [6.07, 6.45) is 9.32. The van der Waals surface area contributed by atoms with E-state index in [9.17, 15) is 4.79 Å². The summed E-state index contributed by atoms with van der Waals surface area (Å²) in [4.78, 5) is 26.1. The largest absolute Gasteiger partial charge is 0.346 e. The predicted molar refractivity (Wildman–Crippen MR) is 84.6 cm³/mol. The van der Waals surface area contributed by atoms with E-state index in [1.54, 1.807) is 17.2 Å². The number of carbonyl (C=O) groups excluding carboxylic acids is 1. The molecule has 4 rings (SSSR count). The molecule has 7 nitrogen and oxygen atoms in total. The standard InChI is InChI=1S/C16H18N6O/c23-15(7-12-8-19-16-14(12)4-1-5-18-16)22-6-2-3-13(22)9-21-11-17-10-20-21/h1,4-5,8,10-11,13H,2-3,6-7,9H2,(H,18,19). The van der Waals surface area contributed by atoms with Gasteiger partial charge in [0.05, 0.1) is 19.0 Å². The average molecular weight is 310 g/mol. The number of nitrogens with one attached hydrogen (secondary N) is 1. The molecule has 1 atom stereocenters. The number of hydrogen-bond donors (Lipinski definition) is 1. The number of fused-ring (bicyclic) bond motifs is 1. The maximum Gasteiger partial charge on any atom is 0.227 e. The molecule has 118 valence electrons. The molecule has 23 heavy (non-hydrogen) atoms. The van der Waals surface area contributed by atoms with Gasteiger partial charge >= 0.3 is 0 Å². The van der Waals surface area contributed by atoms with Crippen LogP contribution in [0.5, 0.6) is 0 Å². The number of aromatic nitrogens is 5. The van der Waals surface area contributed by atoms with Crippen molar-refractivity contribution in [2.75, 3.05) is 6.54 Å². The van der Waals surface area contributed by atoms with E-state index in [1.165, 1.54) is 6.33 Å². The summed E-state index contributed by atoms with van der Waals surface area (Å²) < 4.78 is 1.80. The first-order valence-corrected chi connectivity index (χ1v) is 7.84. The first-order valence-electron chi connectivity index (χ1n) is 7.84. The average Bonchev–Trinajstić information content (AvgIpc) is 3.29. The molecule has 1 aliphatic heterocycles. The van der Waals surface area contributed by atoms with Gasteiger partial charge in [-0.3, -0.25) is 9.48 Å². The maximum absolute atomic E-state index is 12.7. The van der Waals surface area contributed by atoms with Crippen molar-refractivity contribution in [1.82, 2.24) is 29.6 Å². The first-order chi connectivity index (χ1) is 11.3. The third-order valence-electron chi connectivity index (χ3n) is 4.44. The van der Waals surface area contributed by atoms with Gasteiger partial charge < -0.3 is 9.88 Å². The Hall–Kier alpha value is -2.70. The van der Waals surface area contributed by atoms with Gasteiger partial charge in [-0.1, -0.05) is 0 Å². The second-order valence-electron chi connectivity index (χ2n) is 5.89. The highest BCUT2D eigenvalue weighted by atomic mass is 16.2. The zero-order valence-corrected chi connectivity index (χ0v) is 12.7.